The molecule has 3 N–H and O–H groups in total. The molecule has 0 spiro atoms. The van der Waals surface area contributed by atoms with Crippen LogP contribution in [0.4, 0.5) is 8.78 Å². The number of nitrogens with two attached hydrogens (primary N) is 1. The Morgan fingerprint density at radius 1 is 1.20 bits per heavy atom. The van der Waals surface area contributed by atoms with Gasteiger partial charge in [-0.15, -0.1) is 0 Å². The van der Waals surface area contributed by atoms with Crippen molar-refractivity contribution in [2.45, 2.75) is 6.92 Å². The van der Waals surface area contributed by atoms with Crippen LogP contribution in [0.15, 0.2) is 41.6 Å². The van der Waals surface area contributed by atoms with Gasteiger partial charge in [0.2, 0.25) is 0 Å². The summed E-state index contributed by atoms with van der Waals surface area (Å²) in [6.07, 6.45) is 0. The van der Waals surface area contributed by atoms with E-state index in [1.165, 1.54) is 18.2 Å². The zero-order valence-corrected chi connectivity index (χ0v) is 10.6. The predicted molar refractivity (Wildman–Crippen MR) is 70.1 cm³/mol. The molecule has 0 unspecified atom stereocenters. The number of hydrogen-bond acceptors (Lipinski definition) is 3. The Hall–Kier alpha value is -2.63. The van der Waals surface area contributed by atoms with Crippen LogP contribution < -0.4 is 10.5 Å². The quantitative estimate of drug-likeness (QED) is 0.392. The lowest BCUT2D eigenvalue weighted by Gasteiger charge is -2.09. The van der Waals surface area contributed by atoms with Crippen molar-refractivity contribution in [3.63, 3.8) is 0 Å². The number of rotatable bonds is 3. The van der Waals surface area contributed by atoms with E-state index in [-0.39, 0.29) is 22.9 Å². The summed E-state index contributed by atoms with van der Waals surface area (Å²) in [4.78, 5) is 0. The van der Waals surface area contributed by atoms with Gasteiger partial charge in [-0.05, 0) is 36.8 Å². The highest BCUT2D eigenvalue weighted by Gasteiger charge is 2.12. The van der Waals surface area contributed by atoms with E-state index >= 15 is 0 Å². The van der Waals surface area contributed by atoms with Crippen LogP contribution in [-0.4, -0.2) is 11.0 Å². The van der Waals surface area contributed by atoms with Crippen molar-refractivity contribution in [1.29, 1.82) is 0 Å². The van der Waals surface area contributed by atoms with Gasteiger partial charge in [0.15, 0.2) is 29.0 Å². The molecule has 0 atom stereocenters. The first-order valence-corrected chi connectivity index (χ1v) is 5.73. The summed E-state index contributed by atoms with van der Waals surface area (Å²) < 4.78 is 32.8. The van der Waals surface area contributed by atoms with Gasteiger partial charge in [0, 0.05) is 5.56 Å². The van der Waals surface area contributed by atoms with Crippen LogP contribution in [0.1, 0.15) is 11.1 Å². The first-order chi connectivity index (χ1) is 9.52. The summed E-state index contributed by atoms with van der Waals surface area (Å²) in [5, 5.41) is 11.3. The molecule has 0 fully saturated rings. The van der Waals surface area contributed by atoms with Crippen molar-refractivity contribution in [2.24, 2.45) is 10.9 Å². The zero-order chi connectivity index (χ0) is 14.7. The van der Waals surface area contributed by atoms with Crippen molar-refractivity contribution in [3.05, 3.63) is 59.2 Å². The Labute approximate surface area is 114 Å². The van der Waals surface area contributed by atoms with E-state index in [0.29, 0.717) is 5.56 Å². The van der Waals surface area contributed by atoms with Gasteiger partial charge < -0.3 is 15.7 Å². The Kier molecular flexibility index (Phi) is 3.84. The highest BCUT2D eigenvalue weighted by molar-refractivity contribution is 5.97. The Bertz CT molecular complexity index is 672. The van der Waals surface area contributed by atoms with E-state index in [4.69, 9.17) is 15.7 Å². The molecule has 0 saturated heterocycles. The highest BCUT2D eigenvalue weighted by Crippen LogP contribution is 2.28. The van der Waals surface area contributed by atoms with Crippen LogP contribution >= 0.6 is 0 Å². The van der Waals surface area contributed by atoms with Crippen LogP contribution in [0.2, 0.25) is 0 Å². The summed E-state index contributed by atoms with van der Waals surface area (Å²) in [5.41, 5.74) is 5.94. The fourth-order valence-electron chi connectivity index (χ4n) is 1.62. The summed E-state index contributed by atoms with van der Waals surface area (Å²) in [7, 11) is 0. The fourth-order valence-corrected chi connectivity index (χ4v) is 1.62. The SMILES string of the molecule is Cc1cccc(Oc2ccc(/C(N)=N/O)cc2F)c1F. The molecule has 0 aliphatic rings. The summed E-state index contributed by atoms with van der Waals surface area (Å²) in [6.45, 7) is 1.58. The number of oxime groups is 1. The summed E-state index contributed by atoms with van der Waals surface area (Å²) >= 11 is 0. The van der Waals surface area contributed by atoms with Crippen LogP contribution in [0.5, 0.6) is 11.5 Å². The van der Waals surface area contributed by atoms with E-state index in [2.05, 4.69) is 5.16 Å². The van der Waals surface area contributed by atoms with Gasteiger partial charge in [0.25, 0.3) is 0 Å². The average molecular weight is 278 g/mol. The van der Waals surface area contributed by atoms with Crippen LogP contribution in [0.3, 0.4) is 0 Å². The smallest absolute Gasteiger partial charge is 0.170 e. The van der Waals surface area contributed by atoms with Crippen molar-refractivity contribution in [2.75, 3.05) is 0 Å². The Morgan fingerprint density at radius 2 is 1.95 bits per heavy atom. The third kappa shape index (κ3) is 2.69. The van der Waals surface area contributed by atoms with E-state index in [1.54, 1.807) is 19.1 Å². The normalized spacial score (nSPS) is 11.4. The van der Waals surface area contributed by atoms with Crippen molar-refractivity contribution in [1.82, 2.24) is 0 Å². The molecule has 4 nitrogen and oxygen atoms in total. The second-order valence-corrected chi connectivity index (χ2v) is 4.12. The lowest BCUT2D eigenvalue weighted by atomic mass is 10.2. The number of benzene rings is 2. The lowest BCUT2D eigenvalue weighted by Crippen LogP contribution is -2.13. The molecule has 0 radical (unpaired) electrons. The average Bonchev–Trinajstić information content (AvgIpc) is 2.45. The maximum absolute atomic E-state index is 13.8. The molecule has 0 aliphatic heterocycles. The van der Waals surface area contributed by atoms with Gasteiger partial charge in [-0.25, -0.2) is 8.78 Å². The molecule has 6 heteroatoms. The molecule has 0 bridgehead atoms. The molecule has 2 aromatic rings. The van der Waals surface area contributed by atoms with Crippen molar-refractivity contribution < 1.29 is 18.7 Å². The number of ether oxygens (including phenoxy) is 1. The van der Waals surface area contributed by atoms with Crippen LogP contribution in [-0.2, 0) is 0 Å². The minimum atomic E-state index is -0.741. The number of aryl methyl sites for hydroxylation is 1. The third-order valence-electron chi connectivity index (χ3n) is 2.71. The van der Waals surface area contributed by atoms with Gasteiger partial charge in [0.05, 0.1) is 0 Å². The maximum atomic E-state index is 13.8. The van der Waals surface area contributed by atoms with Gasteiger partial charge in [0.1, 0.15) is 0 Å². The van der Waals surface area contributed by atoms with Crippen LogP contribution in [0.25, 0.3) is 0 Å². The van der Waals surface area contributed by atoms with Crippen LogP contribution in [0, 0.1) is 18.6 Å². The predicted octanol–water partition coefficient (Wildman–Crippen LogP) is 3.16. The maximum Gasteiger partial charge on any atom is 0.170 e. The molecule has 2 rings (SSSR count). The molecule has 2 aromatic carbocycles. The molecule has 0 aromatic heterocycles. The first-order valence-electron chi connectivity index (χ1n) is 5.73. The van der Waals surface area contributed by atoms with Gasteiger partial charge in [-0.2, -0.15) is 0 Å². The minimum Gasteiger partial charge on any atom is -0.451 e. The standard InChI is InChI=1S/C14H12F2N2O2/c1-8-3-2-4-12(13(8)16)20-11-6-5-9(7-10(11)15)14(17)18-19/h2-7,19H,1H3,(H2,17,18). The van der Waals surface area contributed by atoms with Crippen molar-refractivity contribution >= 4 is 5.84 Å². The second kappa shape index (κ2) is 5.56. The largest absolute Gasteiger partial charge is 0.451 e. The molecular formula is C14H12F2N2O2. The Balaban J connectivity index is 2.33. The monoisotopic (exact) mass is 278 g/mol. The zero-order valence-electron chi connectivity index (χ0n) is 10.6. The first kappa shape index (κ1) is 13.8. The molecule has 104 valence electrons. The summed E-state index contributed by atoms with van der Waals surface area (Å²) in [6, 6.07) is 8.32. The van der Waals surface area contributed by atoms with Gasteiger partial charge >= 0.3 is 0 Å². The molecule has 0 aliphatic carbocycles. The number of hydrogen-bond donors (Lipinski definition) is 2. The van der Waals surface area contributed by atoms with Gasteiger partial charge in [-0.1, -0.05) is 17.3 Å². The topological polar surface area (TPSA) is 67.8 Å². The molecule has 0 amide bonds. The van der Waals surface area contributed by atoms with Crippen molar-refractivity contribution in [3.8, 4) is 11.5 Å². The second-order valence-electron chi connectivity index (χ2n) is 4.12. The third-order valence-corrected chi connectivity index (χ3v) is 2.71. The molecule has 20 heavy (non-hydrogen) atoms. The molecular weight excluding hydrogens is 266 g/mol. The molecule has 0 heterocycles. The van der Waals surface area contributed by atoms with E-state index < -0.39 is 11.6 Å². The number of amidine groups is 1. The minimum absolute atomic E-state index is 0.0690. The van der Waals surface area contributed by atoms with E-state index in [1.807, 2.05) is 0 Å². The highest BCUT2D eigenvalue weighted by atomic mass is 19.1. The Morgan fingerprint density at radius 3 is 2.60 bits per heavy atom. The number of halogens is 2. The lowest BCUT2D eigenvalue weighted by molar-refractivity contribution is 0.318. The molecule has 0 saturated carbocycles. The van der Waals surface area contributed by atoms with E-state index in [0.717, 1.165) is 6.07 Å². The fraction of sp³-hybridized carbons (Fsp3) is 0.0714. The van der Waals surface area contributed by atoms with E-state index in [9.17, 15) is 8.78 Å². The summed E-state index contributed by atoms with van der Waals surface area (Å²) in [5.74, 6) is -1.73. The number of nitrogens with zero attached hydrogens (tertiary/aromatic N) is 1. The van der Waals surface area contributed by atoms with Gasteiger partial charge in [-0.3, -0.25) is 0 Å².